The van der Waals surface area contributed by atoms with Gasteiger partial charge in [0, 0.05) is 5.57 Å². The zero-order chi connectivity index (χ0) is 6.97. The van der Waals surface area contributed by atoms with Crippen LogP contribution in [0.5, 0.6) is 0 Å². The van der Waals surface area contributed by atoms with Gasteiger partial charge in [-0.1, -0.05) is 0 Å². The molecule has 10 heavy (non-hydrogen) atoms. The molecule has 0 N–H and O–H groups in total. The normalized spacial score (nSPS) is 20.6. The fourth-order valence-electron chi connectivity index (χ4n) is 0.880. The Morgan fingerprint density at radius 1 is 1.30 bits per heavy atom. The second kappa shape index (κ2) is 1.73. The number of allylic oxidation sites excluding steroid dienone is 4. The number of ketones is 1. The molecule has 2 aliphatic rings. The predicted octanol–water partition coefficient (Wildman–Crippen LogP) is 0.492. The van der Waals surface area contributed by atoms with Gasteiger partial charge in [0.2, 0.25) is 0 Å². The van der Waals surface area contributed by atoms with Gasteiger partial charge in [0.1, 0.15) is 0 Å². The highest BCUT2D eigenvalue weighted by Crippen LogP contribution is 2.09. The number of rotatable bonds is 0. The van der Waals surface area contributed by atoms with Crippen LogP contribution in [0.2, 0.25) is 0 Å². The highest BCUT2D eigenvalue weighted by atomic mass is 16.1. The Labute approximate surface area is 57.5 Å². The number of hydrogen-bond acceptors (Lipinski definition) is 3. The average Bonchev–Trinajstić information content (AvgIpc) is 2.33. The summed E-state index contributed by atoms with van der Waals surface area (Å²) in [6.45, 7) is 0. The molecule has 0 atom stereocenters. The molecule has 0 saturated heterocycles. The van der Waals surface area contributed by atoms with E-state index in [4.69, 9.17) is 0 Å². The number of hydrogen-bond donors (Lipinski definition) is 0. The van der Waals surface area contributed by atoms with Gasteiger partial charge in [0.05, 0.1) is 11.9 Å². The van der Waals surface area contributed by atoms with Crippen molar-refractivity contribution in [3.05, 3.63) is 23.8 Å². The molecule has 0 aromatic rings. The van der Waals surface area contributed by atoms with Crippen LogP contribution in [0.4, 0.5) is 0 Å². The second-order valence-corrected chi connectivity index (χ2v) is 2.07. The minimum atomic E-state index is 0.00213. The van der Waals surface area contributed by atoms with Gasteiger partial charge < -0.3 is 0 Å². The van der Waals surface area contributed by atoms with Gasteiger partial charge in [-0.2, -0.15) is 10.2 Å². The smallest absolute Gasteiger partial charge is 0.179 e. The van der Waals surface area contributed by atoms with Crippen molar-refractivity contribution in [2.24, 2.45) is 10.2 Å². The highest BCUT2D eigenvalue weighted by molar-refractivity contribution is 6.30. The summed E-state index contributed by atoms with van der Waals surface area (Å²) in [5, 5.41) is 7.42. The van der Waals surface area contributed by atoms with Crippen LogP contribution in [-0.2, 0) is 4.79 Å². The van der Waals surface area contributed by atoms with E-state index in [1.165, 1.54) is 12.2 Å². The van der Waals surface area contributed by atoms with Crippen molar-refractivity contribution in [3.63, 3.8) is 0 Å². The lowest BCUT2D eigenvalue weighted by molar-refractivity contribution is -0.110. The van der Waals surface area contributed by atoms with E-state index in [0.717, 1.165) is 11.3 Å². The van der Waals surface area contributed by atoms with E-state index in [9.17, 15) is 4.79 Å². The van der Waals surface area contributed by atoms with Gasteiger partial charge in [-0.15, -0.1) is 0 Å². The molecule has 3 heteroatoms. The lowest BCUT2D eigenvalue weighted by Gasteiger charge is -1.97. The van der Waals surface area contributed by atoms with Gasteiger partial charge in [0.25, 0.3) is 0 Å². The molecular weight excluding hydrogens is 128 g/mol. The molecule has 2 rings (SSSR count). The maximum atomic E-state index is 10.7. The molecule has 0 bridgehead atoms. The Bertz CT molecular complexity index is 308. The van der Waals surface area contributed by atoms with E-state index < -0.39 is 0 Å². The number of fused-ring (bicyclic) bond motifs is 1. The first kappa shape index (κ1) is 5.29. The summed E-state index contributed by atoms with van der Waals surface area (Å²) < 4.78 is 0. The Hall–Kier alpha value is -1.51. The molecular formula is C7H4N2O. The van der Waals surface area contributed by atoms with Crippen LogP contribution in [0, 0.1) is 0 Å². The van der Waals surface area contributed by atoms with E-state index in [1.54, 1.807) is 12.3 Å². The van der Waals surface area contributed by atoms with Crippen molar-refractivity contribution in [1.82, 2.24) is 0 Å². The van der Waals surface area contributed by atoms with E-state index in [0.29, 0.717) is 0 Å². The molecule has 0 saturated carbocycles. The maximum Gasteiger partial charge on any atom is 0.179 e. The maximum absolute atomic E-state index is 10.7. The van der Waals surface area contributed by atoms with Crippen molar-refractivity contribution in [1.29, 1.82) is 0 Å². The number of nitrogens with zero attached hydrogens (tertiary/aromatic N) is 2. The largest absolute Gasteiger partial charge is 0.290 e. The Morgan fingerprint density at radius 2 is 2.20 bits per heavy atom. The molecule has 48 valence electrons. The third-order valence-electron chi connectivity index (χ3n) is 1.36. The van der Waals surface area contributed by atoms with Crippen LogP contribution in [0.3, 0.4) is 0 Å². The third-order valence-corrected chi connectivity index (χ3v) is 1.36. The summed E-state index contributed by atoms with van der Waals surface area (Å²) in [5.41, 5.74) is 1.59. The van der Waals surface area contributed by atoms with E-state index in [-0.39, 0.29) is 5.78 Å². The standard InChI is InChI=1S/C7H4N2O/c10-6-1-2-7-5(3-6)4-8-9-7/h1-4H. The van der Waals surface area contributed by atoms with Crippen molar-refractivity contribution in [2.75, 3.05) is 0 Å². The van der Waals surface area contributed by atoms with Gasteiger partial charge in [-0.25, -0.2) is 0 Å². The molecule has 0 fully saturated rings. The average molecular weight is 132 g/mol. The van der Waals surface area contributed by atoms with Gasteiger partial charge >= 0.3 is 0 Å². The monoisotopic (exact) mass is 132 g/mol. The first-order valence-corrected chi connectivity index (χ1v) is 2.91. The van der Waals surface area contributed by atoms with Gasteiger partial charge in [-0.3, -0.25) is 4.79 Å². The number of carbonyl (C=O) groups is 1. The Balaban J connectivity index is 2.51. The fraction of sp³-hybridized carbons (Fsp3) is 0. The van der Waals surface area contributed by atoms with E-state index in [2.05, 4.69) is 10.2 Å². The molecule has 0 aromatic carbocycles. The zero-order valence-electron chi connectivity index (χ0n) is 5.11. The molecule has 0 unspecified atom stereocenters. The third kappa shape index (κ3) is 0.639. The fourth-order valence-corrected chi connectivity index (χ4v) is 0.880. The zero-order valence-corrected chi connectivity index (χ0v) is 5.11. The van der Waals surface area contributed by atoms with Crippen molar-refractivity contribution < 1.29 is 4.79 Å². The van der Waals surface area contributed by atoms with Crippen LogP contribution in [0.15, 0.2) is 34.0 Å². The Kier molecular flexibility index (Phi) is 0.917. The molecule has 0 radical (unpaired) electrons. The summed E-state index contributed by atoms with van der Waals surface area (Å²) in [4.78, 5) is 10.7. The van der Waals surface area contributed by atoms with E-state index >= 15 is 0 Å². The molecule has 0 aromatic heterocycles. The van der Waals surface area contributed by atoms with Crippen molar-refractivity contribution in [2.45, 2.75) is 0 Å². The van der Waals surface area contributed by atoms with Crippen LogP contribution >= 0.6 is 0 Å². The first-order valence-electron chi connectivity index (χ1n) is 2.91. The Morgan fingerprint density at radius 3 is 3.10 bits per heavy atom. The summed E-state index contributed by atoms with van der Waals surface area (Å²) in [7, 11) is 0. The van der Waals surface area contributed by atoms with Gasteiger partial charge in [-0.05, 0) is 18.2 Å². The molecule has 1 aliphatic carbocycles. The van der Waals surface area contributed by atoms with Gasteiger partial charge in [0.15, 0.2) is 5.78 Å². The highest BCUT2D eigenvalue weighted by Gasteiger charge is 2.12. The predicted molar refractivity (Wildman–Crippen MR) is 38.2 cm³/mol. The molecule has 0 spiro atoms. The van der Waals surface area contributed by atoms with Crippen molar-refractivity contribution >= 4 is 17.7 Å². The van der Waals surface area contributed by atoms with Crippen LogP contribution in [-0.4, -0.2) is 17.7 Å². The van der Waals surface area contributed by atoms with E-state index in [1.807, 2.05) is 0 Å². The van der Waals surface area contributed by atoms with Crippen molar-refractivity contribution in [3.8, 4) is 0 Å². The summed E-state index contributed by atoms with van der Waals surface area (Å²) in [5.74, 6) is 0.00213. The lowest BCUT2D eigenvalue weighted by Crippen LogP contribution is -2.04. The lowest BCUT2D eigenvalue weighted by atomic mass is 10.1. The first-order chi connectivity index (χ1) is 4.86. The molecule has 1 aliphatic heterocycles. The summed E-state index contributed by atoms with van der Waals surface area (Å²) in [6.07, 6.45) is 6.26. The quantitative estimate of drug-likeness (QED) is 0.442. The second-order valence-electron chi connectivity index (χ2n) is 2.07. The molecule has 3 nitrogen and oxygen atoms in total. The van der Waals surface area contributed by atoms with Crippen LogP contribution < -0.4 is 0 Å². The SMILES string of the molecule is O=C1C=CC2=NN=CC2=C1. The topological polar surface area (TPSA) is 41.8 Å². The van der Waals surface area contributed by atoms with Crippen LogP contribution in [0.1, 0.15) is 0 Å². The summed E-state index contributed by atoms with van der Waals surface area (Å²) >= 11 is 0. The minimum absolute atomic E-state index is 0.00213. The minimum Gasteiger partial charge on any atom is -0.290 e. The molecule has 1 heterocycles. The van der Waals surface area contributed by atoms with Crippen LogP contribution in [0.25, 0.3) is 0 Å². The summed E-state index contributed by atoms with van der Waals surface area (Å²) in [6, 6.07) is 0. The number of carbonyl (C=O) groups excluding carboxylic acids is 1. The molecule has 0 amide bonds.